The predicted octanol–water partition coefficient (Wildman–Crippen LogP) is -2.03. The van der Waals surface area contributed by atoms with E-state index in [1.54, 1.807) is 12.1 Å². The highest BCUT2D eigenvalue weighted by Crippen LogP contribution is 2.18. The molecule has 2 aromatic carbocycles. The minimum absolute atomic E-state index is 0.122. The number of carbonyl (C=O) groups is 1. The number of nitrogens with one attached hydrogen (secondary N) is 1. The van der Waals surface area contributed by atoms with Gasteiger partial charge >= 0.3 is 11.5 Å². The van der Waals surface area contributed by atoms with E-state index in [2.05, 4.69) is 4.98 Å². The Morgan fingerprint density at radius 3 is 2.00 bits per heavy atom. The molecule has 1 N–H and O–H groups in total. The molecular formula is C20H19ClN2O7. The molecule has 3 aromatic rings. The minimum Gasteiger partial charge on any atom is -0.465 e. The van der Waals surface area contributed by atoms with E-state index in [9.17, 15) is 9.59 Å². The zero-order chi connectivity index (χ0) is 22.5. The molecule has 30 heavy (non-hydrogen) atoms. The normalized spacial score (nSPS) is 10.8. The van der Waals surface area contributed by atoms with Gasteiger partial charge in [0.05, 0.1) is 12.7 Å². The van der Waals surface area contributed by atoms with Crippen LogP contribution in [0, 0.1) is 24.1 Å². The van der Waals surface area contributed by atoms with Crippen molar-refractivity contribution in [2.45, 2.75) is 13.8 Å². The number of aromatic nitrogens is 2. The maximum Gasteiger partial charge on any atom is 0.343 e. The van der Waals surface area contributed by atoms with E-state index in [1.165, 1.54) is 7.11 Å². The van der Waals surface area contributed by atoms with Crippen LogP contribution in [0.15, 0.2) is 59.4 Å². The van der Waals surface area contributed by atoms with Crippen molar-refractivity contribution in [1.29, 1.82) is 0 Å². The van der Waals surface area contributed by atoms with Gasteiger partial charge in [-0.15, -0.1) is 10.2 Å². The van der Waals surface area contributed by atoms with Gasteiger partial charge in [0.1, 0.15) is 16.9 Å². The summed E-state index contributed by atoms with van der Waals surface area (Å²) in [6.07, 6.45) is 0. The molecule has 0 saturated heterocycles. The molecule has 0 amide bonds. The van der Waals surface area contributed by atoms with E-state index in [-0.39, 0.29) is 11.5 Å². The van der Waals surface area contributed by atoms with Crippen LogP contribution < -0.4 is 28.8 Å². The first-order valence-electron chi connectivity index (χ1n) is 8.54. The van der Waals surface area contributed by atoms with Gasteiger partial charge in [0.2, 0.25) is 0 Å². The number of ether oxygens (including phenoxy) is 1. The molecular weight excluding hydrogens is 416 g/mol. The Hall–Kier alpha value is -3.08. The fourth-order valence-electron chi connectivity index (χ4n) is 3.01. The van der Waals surface area contributed by atoms with Crippen molar-refractivity contribution in [2.24, 2.45) is 0 Å². The van der Waals surface area contributed by atoms with Crippen LogP contribution in [0.4, 0.5) is 0 Å². The van der Waals surface area contributed by atoms with Crippen molar-refractivity contribution in [1.82, 2.24) is 4.98 Å². The Morgan fingerprint density at radius 2 is 1.50 bits per heavy atom. The van der Waals surface area contributed by atoms with Crippen LogP contribution in [-0.2, 0) is 4.74 Å². The lowest BCUT2D eigenvalue weighted by atomic mass is 10.1. The van der Waals surface area contributed by atoms with E-state index in [4.69, 9.17) is 23.4 Å². The monoisotopic (exact) mass is 434 g/mol. The SMILES string of the molecule is COC(=O)c1ccc(-[n+]2c(C)[nH]c(=O)c(-c3ccccc3)c2C)cc1.[O-][Cl+3]([O-])([O-])[O-]. The molecule has 1 heterocycles. The first-order valence-corrected chi connectivity index (χ1v) is 9.78. The number of nitrogens with zero attached hydrogens (tertiary/aromatic N) is 1. The van der Waals surface area contributed by atoms with Crippen LogP contribution in [0.25, 0.3) is 16.8 Å². The van der Waals surface area contributed by atoms with Gasteiger partial charge in [0, 0.05) is 6.92 Å². The fourth-order valence-corrected chi connectivity index (χ4v) is 3.01. The Bertz CT molecular complexity index is 1070. The summed E-state index contributed by atoms with van der Waals surface area (Å²) in [5.41, 5.74) is 3.54. The quantitative estimate of drug-likeness (QED) is 0.368. The van der Waals surface area contributed by atoms with E-state index in [0.29, 0.717) is 17.0 Å². The summed E-state index contributed by atoms with van der Waals surface area (Å²) in [5, 5.41) is 0. The van der Waals surface area contributed by atoms with Crippen LogP contribution >= 0.6 is 0 Å². The Kier molecular flexibility index (Phi) is 7.43. The molecule has 10 heteroatoms. The fraction of sp³-hybridized carbons (Fsp3) is 0.150. The minimum atomic E-state index is -4.94. The first kappa shape index (κ1) is 23.2. The molecule has 1 aromatic heterocycles. The number of aromatic amines is 1. The molecule has 0 atom stereocenters. The van der Waals surface area contributed by atoms with Crippen molar-refractivity contribution < 1.29 is 43.0 Å². The molecule has 158 valence electrons. The largest absolute Gasteiger partial charge is 0.465 e. The number of esters is 1. The van der Waals surface area contributed by atoms with Gasteiger partial charge in [-0.1, -0.05) is 30.3 Å². The third-order valence-electron chi connectivity index (χ3n) is 4.16. The van der Waals surface area contributed by atoms with Crippen molar-refractivity contribution in [2.75, 3.05) is 7.11 Å². The van der Waals surface area contributed by atoms with Crippen LogP contribution in [-0.4, -0.2) is 18.1 Å². The van der Waals surface area contributed by atoms with Crippen molar-refractivity contribution in [3.63, 3.8) is 0 Å². The Morgan fingerprint density at radius 1 is 0.967 bits per heavy atom. The number of hydrogen-bond acceptors (Lipinski definition) is 7. The Balaban J connectivity index is 0.000000575. The third kappa shape index (κ3) is 5.96. The topological polar surface area (TPSA) is 155 Å². The maximum absolute atomic E-state index is 12.5. The number of aryl methyl sites for hydroxylation is 1. The highest BCUT2D eigenvalue weighted by Gasteiger charge is 2.21. The summed E-state index contributed by atoms with van der Waals surface area (Å²) < 4.78 is 40.7. The summed E-state index contributed by atoms with van der Waals surface area (Å²) in [6, 6.07) is 16.6. The molecule has 0 unspecified atom stereocenters. The van der Waals surface area contributed by atoms with Gasteiger partial charge in [-0.2, -0.15) is 0 Å². The molecule has 0 aliphatic rings. The second-order valence-corrected chi connectivity index (χ2v) is 6.87. The van der Waals surface area contributed by atoms with Crippen molar-refractivity contribution in [3.8, 4) is 16.8 Å². The van der Waals surface area contributed by atoms with Crippen LogP contribution in [0.1, 0.15) is 21.9 Å². The standard InChI is InChI=1S/C20H18N2O3.ClHO4/c1-13-18(15-7-5-4-6-8-15)19(23)21-14(2)22(13)17-11-9-16(10-12-17)20(24)25-3;2-1(3,4)5/h4-12H,1-3H3;(H,2,3,4,5). The molecule has 0 spiro atoms. The number of rotatable bonds is 3. The van der Waals surface area contributed by atoms with Gasteiger partial charge in [-0.3, -0.25) is 0 Å². The summed E-state index contributed by atoms with van der Waals surface area (Å²) in [5.74, 6) is 0.337. The maximum atomic E-state index is 12.5. The van der Waals surface area contributed by atoms with E-state index < -0.39 is 10.2 Å². The van der Waals surface area contributed by atoms with E-state index in [0.717, 1.165) is 16.9 Å². The molecule has 3 rings (SSSR count). The first-order chi connectivity index (χ1) is 14.0. The molecule has 9 nitrogen and oxygen atoms in total. The molecule has 0 aliphatic carbocycles. The lowest BCUT2D eigenvalue weighted by Crippen LogP contribution is -2.68. The Labute approximate surface area is 174 Å². The summed E-state index contributed by atoms with van der Waals surface area (Å²) in [4.78, 5) is 27.0. The summed E-state index contributed by atoms with van der Waals surface area (Å²) in [7, 11) is -3.59. The smallest absolute Gasteiger partial charge is 0.343 e. The van der Waals surface area contributed by atoms with Crippen LogP contribution in [0.5, 0.6) is 0 Å². The third-order valence-corrected chi connectivity index (χ3v) is 4.16. The highest BCUT2D eigenvalue weighted by molar-refractivity contribution is 5.89. The number of H-pyrrole nitrogens is 1. The molecule has 0 saturated carbocycles. The lowest BCUT2D eigenvalue weighted by molar-refractivity contribution is -2.00. The highest BCUT2D eigenvalue weighted by atomic mass is 35.7. The van der Waals surface area contributed by atoms with E-state index >= 15 is 0 Å². The molecule has 0 aliphatic heterocycles. The molecule has 0 fully saturated rings. The number of hydrogen-bond donors (Lipinski definition) is 1. The second kappa shape index (κ2) is 9.61. The molecule has 0 bridgehead atoms. The van der Waals surface area contributed by atoms with Gasteiger partial charge < -0.3 is 4.74 Å². The number of carbonyl (C=O) groups excluding carboxylic acids is 1. The summed E-state index contributed by atoms with van der Waals surface area (Å²) in [6.45, 7) is 3.76. The zero-order valence-corrected chi connectivity index (χ0v) is 17.1. The number of halogens is 1. The lowest BCUT2D eigenvalue weighted by Gasteiger charge is -2.17. The van der Waals surface area contributed by atoms with Gasteiger partial charge in [0.15, 0.2) is 0 Å². The van der Waals surface area contributed by atoms with Gasteiger partial charge in [-0.05, 0) is 36.8 Å². The van der Waals surface area contributed by atoms with Gasteiger partial charge in [0.25, 0.3) is 5.82 Å². The number of benzene rings is 2. The molecule has 0 radical (unpaired) electrons. The summed E-state index contributed by atoms with van der Waals surface area (Å²) >= 11 is 0. The average Bonchev–Trinajstić information content (AvgIpc) is 2.67. The zero-order valence-electron chi connectivity index (χ0n) is 16.4. The second-order valence-electron chi connectivity index (χ2n) is 6.12. The number of methoxy groups -OCH3 is 1. The predicted molar refractivity (Wildman–Crippen MR) is 94.8 cm³/mol. The van der Waals surface area contributed by atoms with Crippen LogP contribution in [0.3, 0.4) is 0 Å². The van der Waals surface area contributed by atoms with Crippen molar-refractivity contribution in [3.05, 3.63) is 82.0 Å². The average molecular weight is 435 g/mol. The van der Waals surface area contributed by atoms with E-state index in [1.807, 2.05) is 60.9 Å². The van der Waals surface area contributed by atoms with Crippen molar-refractivity contribution >= 4 is 5.97 Å². The van der Waals surface area contributed by atoms with Crippen LogP contribution in [0.2, 0.25) is 0 Å². The van der Waals surface area contributed by atoms with Gasteiger partial charge in [-0.25, -0.2) is 37.8 Å².